The van der Waals surface area contributed by atoms with E-state index in [1.807, 2.05) is 0 Å². The Hall–Kier alpha value is -2.24. The Morgan fingerprint density at radius 2 is 2.17 bits per heavy atom. The van der Waals surface area contributed by atoms with Gasteiger partial charge in [0.1, 0.15) is 5.76 Å². The third-order valence-electron chi connectivity index (χ3n) is 2.27. The summed E-state index contributed by atoms with van der Waals surface area (Å²) in [5.41, 5.74) is -0.138. The molecular weight excluding hydrogens is 242 g/mol. The number of pyridine rings is 1. The van der Waals surface area contributed by atoms with E-state index < -0.39 is 17.8 Å². The lowest BCUT2D eigenvalue weighted by Gasteiger charge is -2.04. The predicted octanol–water partition coefficient (Wildman–Crippen LogP) is 2.52. The molecule has 2 heterocycles. The average Bonchev–Trinajstić information content (AvgIpc) is 2.83. The minimum atomic E-state index is -1.04. The van der Waals surface area contributed by atoms with E-state index >= 15 is 0 Å². The molecule has 0 aliphatic rings. The molecular formula is C12H10F2N2O2. The summed E-state index contributed by atoms with van der Waals surface area (Å²) in [6.07, 6.45) is 2.07. The topological polar surface area (TPSA) is 55.1 Å². The van der Waals surface area contributed by atoms with Crippen molar-refractivity contribution < 1.29 is 18.0 Å². The molecule has 0 spiro atoms. The van der Waals surface area contributed by atoms with Crippen LogP contribution in [0.25, 0.3) is 0 Å². The summed E-state index contributed by atoms with van der Waals surface area (Å²) < 4.78 is 30.7. The molecule has 18 heavy (non-hydrogen) atoms. The van der Waals surface area contributed by atoms with Crippen LogP contribution < -0.4 is 5.32 Å². The van der Waals surface area contributed by atoms with E-state index in [2.05, 4.69) is 10.3 Å². The maximum atomic E-state index is 13.1. The van der Waals surface area contributed by atoms with Crippen molar-refractivity contribution >= 4 is 11.6 Å². The van der Waals surface area contributed by atoms with Crippen molar-refractivity contribution in [2.75, 3.05) is 5.32 Å². The standard InChI is InChI=1S/C12H10F2N2O2/c13-10-5-4-9(12(14)16-10)15-11(17)6-3-8-2-1-7-18-8/h1-2,4-5,7H,3,6H2,(H,15,17). The summed E-state index contributed by atoms with van der Waals surface area (Å²) in [7, 11) is 0. The van der Waals surface area contributed by atoms with Gasteiger partial charge in [0.15, 0.2) is 0 Å². The molecule has 0 fully saturated rings. The number of furan rings is 1. The number of anilines is 1. The monoisotopic (exact) mass is 252 g/mol. The number of nitrogens with one attached hydrogen (secondary N) is 1. The molecule has 2 aromatic heterocycles. The molecule has 0 unspecified atom stereocenters. The Bertz CT molecular complexity index is 541. The van der Waals surface area contributed by atoms with Gasteiger partial charge in [0.25, 0.3) is 0 Å². The number of carbonyl (C=O) groups is 1. The van der Waals surface area contributed by atoms with Gasteiger partial charge in [0.05, 0.1) is 12.0 Å². The molecule has 4 nitrogen and oxygen atoms in total. The Morgan fingerprint density at radius 3 is 2.83 bits per heavy atom. The zero-order valence-corrected chi connectivity index (χ0v) is 9.32. The second-order valence-electron chi connectivity index (χ2n) is 3.60. The van der Waals surface area contributed by atoms with Crippen molar-refractivity contribution in [3.63, 3.8) is 0 Å². The maximum Gasteiger partial charge on any atom is 0.239 e. The lowest BCUT2D eigenvalue weighted by Crippen LogP contribution is -2.14. The Morgan fingerprint density at radius 1 is 1.33 bits per heavy atom. The van der Waals surface area contributed by atoms with Crippen LogP contribution in [-0.4, -0.2) is 10.9 Å². The van der Waals surface area contributed by atoms with E-state index in [1.54, 1.807) is 12.1 Å². The normalized spacial score (nSPS) is 10.3. The maximum absolute atomic E-state index is 13.1. The summed E-state index contributed by atoms with van der Waals surface area (Å²) in [5.74, 6) is -1.69. The number of aromatic nitrogens is 1. The predicted molar refractivity (Wildman–Crippen MR) is 59.8 cm³/mol. The molecule has 0 saturated heterocycles. The minimum Gasteiger partial charge on any atom is -0.469 e. The summed E-state index contributed by atoms with van der Waals surface area (Å²) in [5, 5.41) is 2.32. The fourth-order valence-electron chi connectivity index (χ4n) is 1.41. The summed E-state index contributed by atoms with van der Waals surface area (Å²) in [4.78, 5) is 14.5. The molecule has 2 rings (SSSR count). The van der Waals surface area contributed by atoms with E-state index in [0.717, 1.165) is 12.1 Å². The Labute approximate surface area is 102 Å². The van der Waals surface area contributed by atoms with E-state index in [0.29, 0.717) is 12.2 Å². The molecule has 2 aromatic rings. The van der Waals surface area contributed by atoms with Gasteiger partial charge < -0.3 is 9.73 Å². The van der Waals surface area contributed by atoms with Gasteiger partial charge in [0, 0.05) is 12.8 Å². The van der Waals surface area contributed by atoms with Gasteiger partial charge in [-0.3, -0.25) is 4.79 Å². The highest BCUT2D eigenvalue weighted by atomic mass is 19.1. The number of nitrogens with zero attached hydrogens (tertiary/aromatic N) is 1. The minimum absolute atomic E-state index is 0.138. The van der Waals surface area contributed by atoms with Crippen molar-refractivity contribution in [2.24, 2.45) is 0 Å². The number of halogens is 2. The van der Waals surface area contributed by atoms with Crippen molar-refractivity contribution in [2.45, 2.75) is 12.8 Å². The molecule has 0 bridgehead atoms. The molecule has 0 atom stereocenters. The fourth-order valence-corrected chi connectivity index (χ4v) is 1.41. The van der Waals surface area contributed by atoms with Crippen molar-refractivity contribution in [1.29, 1.82) is 0 Å². The molecule has 1 amide bonds. The van der Waals surface area contributed by atoms with Crippen LogP contribution >= 0.6 is 0 Å². The number of carbonyl (C=O) groups excluding carboxylic acids is 1. The quantitative estimate of drug-likeness (QED) is 0.850. The highest BCUT2D eigenvalue weighted by Gasteiger charge is 2.09. The van der Waals surface area contributed by atoms with Gasteiger partial charge in [-0.05, 0) is 24.3 Å². The molecule has 1 N–H and O–H groups in total. The van der Waals surface area contributed by atoms with Gasteiger partial charge in [-0.25, -0.2) is 0 Å². The second kappa shape index (κ2) is 5.39. The Kier molecular flexibility index (Phi) is 3.66. The molecule has 0 aromatic carbocycles. The number of rotatable bonds is 4. The summed E-state index contributed by atoms with van der Waals surface area (Å²) in [6.45, 7) is 0. The van der Waals surface area contributed by atoms with Crippen LogP contribution in [-0.2, 0) is 11.2 Å². The van der Waals surface area contributed by atoms with Crippen LogP contribution in [0.2, 0.25) is 0 Å². The molecule has 0 radical (unpaired) electrons. The summed E-state index contributed by atoms with van der Waals surface area (Å²) >= 11 is 0. The second-order valence-corrected chi connectivity index (χ2v) is 3.60. The third kappa shape index (κ3) is 3.13. The van der Waals surface area contributed by atoms with Gasteiger partial charge >= 0.3 is 0 Å². The fraction of sp³-hybridized carbons (Fsp3) is 0.167. The number of amides is 1. The van der Waals surface area contributed by atoms with E-state index in [1.165, 1.54) is 6.26 Å². The SMILES string of the molecule is O=C(CCc1ccco1)Nc1ccc(F)nc1F. The smallest absolute Gasteiger partial charge is 0.239 e. The van der Waals surface area contributed by atoms with Gasteiger partial charge in [-0.2, -0.15) is 13.8 Å². The molecule has 0 saturated carbocycles. The first kappa shape index (κ1) is 12.2. The lowest BCUT2D eigenvalue weighted by molar-refractivity contribution is -0.116. The van der Waals surface area contributed by atoms with Crippen molar-refractivity contribution in [3.8, 4) is 0 Å². The molecule has 6 heteroatoms. The van der Waals surface area contributed by atoms with Gasteiger partial charge in [-0.15, -0.1) is 0 Å². The van der Waals surface area contributed by atoms with E-state index in [-0.39, 0.29) is 12.1 Å². The number of aryl methyl sites for hydroxylation is 1. The van der Waals surface area contributed by atoms with Gasteiger partial charge in [-0.1, -0.05) is 0 Å². The molecule has 0 aliphatic heterocycles. The van der Waals surface area contributed by atoms with Crippen LogP contribution in [0.3, 0.4) is 0 Å². The van der Waals surface area contributed by atoms with Crippen LogP contribution in [0.15, 0.2) is 34.9 Å². The first-order chi connectivity index (χ1) is 8.65. The summed E-state index contributed by atoms with van der Waals surface area (Å²) in [6, 6.07) is 5.57. The average molecular weight is 252 g/mol. The first-order valence-corrected chi connectivity index (χ1v) is 5.29. The van der Waals surface area contributed by atoms with Crippen LogP contribution in [0.1, 0.15) is 12.2 Å². The molecule has 0 aliphatic carbocycles. The van der Waals surface area contributed by atoms with Gasteiger partial charge in [0.2, 0.25) is 17.8 Å². The van der Waals surface area contributed by atoms with Crippen LogP contribution in [0.4, 0.5) is 14.5 Å². The highest BCUT2D eigenvalue weighted by molar-refractivity contribution is 5.90. The highest BCUT2D eigenvalue weighted by Crippen LogP contribution is 2.12. The Balaban J connectivity index is 1.91. The van der Waals surface area contributed by atoms with Crippen molar-refractivity contribution in [3.05, 3.63) is 48.2 Å². The molecule has 94 valence electrons. The zero-order valence-electron chi connectivity index (χ0n) is 9.32. The zero-order chi connectivity index (χ0) is 13.0. The number of hydrogen-bond acceptors (Lipinski definition) is 3. The van der Waals surface area contributed by atoms with E-state index in [9.17, 15) is 13.6 Å². The first-order valence-electron chi connectivity index (χ1n) is 5.29. The van der Waals surface area contributed by atoms with Crippen LogP contribution in [0, 0.1) is 11.9 Å². The lowest BCUT2D eigenvalue weighted by atomic mass is 10.2. The van der Waals surface area contributed by atoms with E-state index in [4.69, 9.17) is 4.42 Å². The third-order valence-corrected chi connectivity index (χ3v) is 2.27. The van der Waals surface area contributed by atoms with Crippen LogP contribution in [0.5, 0.6) is 0 Å². The number of hydrogen-bond donors (Lipinski definition) is 1. The van der Waals surface area contributed by atoms with Crippen molar-refractivity contribution in [1.82, 2.24) is 4.98 Å². The largest absolute Gasteiger partial charge is 0.469 e.